The Morgan fingerprint density at radius 1 is 1.35 bits per heavy atom. The van der Waals surface area contributed by atoms with E-state index in [1.807, 2.05) is 13.8 Å². The Balaban J connectivity index is 1.50. The topological polar surface area (TPSA) is 78.8 Å². The van der Waals surface area contributed by atoms with Crippen LogP contribution in [-0.2, 0) is 30.8 Å². The Bertz CT molecular complexity index is 728. The van der Waals surface area contributed by atoms with Gasteiger partial charge >= 0.3 is 0 Å². The van der Waals surface area contributed by atoms with Crippen molar-refractivity contribution in [1.82, 2.24) is 30.2 Å². The minimum absolute atomic E-state index is 0.0563. The lowest BCUT2D eigenvalue weighted by molar-refractivity contribution is -0.121. The van der Waals surface area contributed by atoms with E-state index in [4.69, 9.17) is 0 Å². The van der Waals surface area contributed by atoms with Crippen LogP contribution in [0.25, 0.3) is 0 Å². The van der Waals surface area contributed by atoms with Crippen molar-refractivity contribution in [3.8, 4) is 0 Å². The van der Waals surface area contributed by atoms with Gasteiger partial charge in [-0.1, -0.05) is 6.92 Å². The van der Waals surface area contributed by atoms with E-state index in [0.29, 0.717) is 19.4 Å². The third-order valence-corrected chi connectivity index (χ3v) is 5.03. The third-order valence-electron chi connectivity index (χ3n) is 5.03. The summed E-state index contributed by atoms with van der Waals surface area (Å²) < 4.78 is 2.11. The average Bonchev–Trinajstić information content (AvgIpc) is 3.08. The van der Waals surface area contributed by atoms with Crippen LogP contribution in [0.1, 0.15) is 54.5 Å². The van der Waals surface area contributed by atoms with Crippen molar-refractivity contribution in [1.29, 1.82) is 0 Å². The summed E-state index contributed by atoms with van der Waals surface area (Å²) in [5.74, 6) is 0.0563. The number of fused-ring (bicyclic) bond motifs is 1. The summed E-state index contributed by atoms with van der Waals surface area (Å²) in [5, 5.41) is 14.8. The molecule has 3 rings (SSSR count). The Labute approximate surface area is 155 Å². The van der Waals surface area contributed by atoms with E-state index in [2.05, 4.69) is 43.2 Å². The van der Waals surface area contributed by atoms with Gasteiger partial charge in [0.1, 0.15) is 0 Å². The number of aryl methyl sites for hydroxylation is 3. The van der Waals surface area contributed by atoms with E-state index >= 15 is 0 Å². The minimum Gasteiger partial charge on any atom is -0.350 e. The minimum atomic E-state index is 0.0563. The molecule has 0 atom stereocenters. The van der Waals surface area contributed by atoms with Gasteiger partial charge < -0.3 is 5.32 Å². The first-order valence-corrected chi connectivity index (χ1v) is 9.62. The predicted octanol–water partition coefficient (Wildman–Crippen LogP) is 2.09. The number of aromatic nitrogens is 4. The number of H-pyrrole nitrogens is 1. The maximum atomic E-state index is 12.2. The number of hydrogen-bond acceptors (Lipinski definition) is 4. The molecule has 1 aliphatic rings. The molecule has 0 spiro atoms. The van der Waals surface area contributed by atoms with Gasteiger partial charge in [-0.3, -0.25) is 19.5 Å². The van der Waals surface area contributed by atoms with Gasteiger partial charge in [0, 0.05) is 31.7 Å². The van der Waals surface area contributed by atoms with Crippen molar-refractivity contribution in [3.05, 3.63) is 34.4 Å². The number of nitrogens with zero attached hydrogens (tertiary/aromatic N) is 4. The van der Waals surface area contributed by atoms with E-state index in [9.17, 15) is 4.79 Å². The lowest BCUT2D eigenvalue weighted by Crippen LogP contribution is -2.24. The molecule has 2 aromatic heterocycles. The average molecular weight is 358 g/mol. The summed E-state index contributed by atoms with van der Waals surface area (Å²) in [6, 6.07) is 2.14. The second kappa shape index (κ2) is 8.49. The second-order valence-electron chi connectivity index (χ2n) is 7.17. The molecule has 7 heteroatoms. The van der Waals surface area contributed by atoms with Crippen LogP contribution in [0.2, 0.25) is 0 Å². The van der Waals surface area contributed by atoms with Gasteiger partial charge in [-0.05, 0) is 51.3 Å². The van der Waals surface area contributed by atoms with Crippen LogP contribution in [0.3, 0.4) is 0 Å². The first kappa shape index (κ1) is 18.6. The van der Waals surface area contributed by atoms with Gasteiger partial charge in [0.25, 0.3) is 0 Å². The SMILES string of the molecule is CCCN1CCCn2nc(CNC(=O)CCc3c(C)n[nH]c3C)cc2C1. The highest BCUT2D eigenvalue weighted by Crippen LogP contribution is 2.14. The van der Waals surface area contributed by atoms with Crippen LogP contribution in [0.15, 0.2) is 6.07 Å². The van der Waals surface area contributed by atoms with E-state index in [0.717, 1.165) is 55.2 Å². The van der Waals surface area contributed by atoms with E-state index in [-0.39, 0.29) is 5.91 Å². The molecule has 0 saturated carbocycles. The molecule has 1 aliphatic heterocycles. The van der Waals surface area contributed by atoms with Crippen molar-refractivity contribution in [3.63, 3.8) is 0 Å². The molecule has 0 saturated heterocycles. The monoisotopic (exact) mass is 358 g/mol. The van der Waals surface area contributed by atoms with Gasteiger partial charge in [0.2, 0.25) is 5.91 Å². The largest absolute Gasteiger partial charge is 0.350 e. The summed E-state index contributed by atoms with van der Waals surface area (Å²) >= 11 is 0. The van der Waals surface area contributed by atoms with Gasteiger partial charge in [0.15, 0.2) is 0 Å². The summed E-state index contributed by atoms with van der Waals surface area (Å²) in [4.78, 5) is 14.7. The first-order valence-electron chi connectivity index (χ1n) is 9.62. The van der Waals surface area contributed by atoms with E-state index in [1.165, 1.54) is 12.1 Å². The molecule has 0 aromatic carbocycles. The molecule has 2 aromatic rings. The molecule has 1 amide bonds. The quantitative estimate of drug-likeness (QED) is 0.794. The molecular weight excluding hydrogens is 328 g/mol. The van der Waals surface area contributed by atoms with Crippen molar-refractivity contribution in [2.45, 2.75) is 66.1 Å². The zero-order valence-electron chi connectivity index (χ0n) is 16.1. The summed E-state index contributed by atoms with van der Waals surface area (Å²) in [6.45, 7) is 10.9. The van der Waals surface area contributed by atoms with Crippen LogP contribution in [0.4, 0.5) is 0 Å². The van der Waals surface area contributed by atoms with Gasteiger partial charge in [-0.15, -0.1) is 0 Å². The molecule has 0 fully saturated rings. The maximum Gasteiger partial charge on any atom is 0.220 e. The van der Waals surface area contributed by atoms with Crippen LogP contribution in [0, 0.1) is 13.8 Å². The number of hydrogen-bond donors (Lipinski definition) is 2. The van der Waals surface area contributed by atoms with Crippen molar-refractivity contribution < 1.29 is 4.79 Å². The summed E-state index contributed by atoms with van der Waals surface area (Å²) in [5.41, 5.74) is 5.37. The Morgan fingerprint density at radius 2 is 2.19 bits per heavy atom. The molecule has 142 valence electrons. The van der Waals surface area contributed by atoms with Gasteiger partial charge in [-0.25, -0.2) is 0 Å². The Morgan fingerprint density at radius 3 is 2.92 bits per heavy atom. The van der Waals surface area contributed by atoms with E-state index in [1.54, 1.807) is 0 Å². The third kappa shape index (κ3) is 4.52. The molecule has 0 unspecified atom stereocenters. The zero-order chi connectivity index (χ0) is 18.5. The van der Waals surface area contributed by atoms with Crippen LogP contribution >= 0.6 is 0 Å². The fourth-order valence-corrected chi connectivity index (χ4v) is 3.64. The normalized spacial score (nSPS) is 14.9. The molecule has 0 bridgehead atoms. The Hall–Kier alpha value is -2.15. The number of carbonyl (C=O) groups excluding carboxylic acids is 1. The Kier molecular flexibility index (Phi) is 6.08. The fourth-order valence-electron chi connectivity index (χ4n) is 3.64. The number of amides is 1. The fraction of sp³-hybridized carbons (Fsp3) is 0.632. The molecule has 0 radical (unpaired) electrons. The first-order chi connectivity index (χ1) is 12.6. The van der Waals surface area contributed by atoms with Crippen molar-refractivity contribution >= 4 is 5.91 Å². The number of rotatable bonds is 7. The molecule has 3 heterocycles. The maximum absolute atomic E-state index is 12.2. The molecule has 0 aliphatic carbocycles. The lowest BCUT2D eigenvalue weighted by atomic mass is 10.1. The van der Waals surface area contributed by atoms with Crippen molar-refractivity contribution in [2.75, 3.05) is 13.1 Å². The molecular formula is C19H30N6O. The van der Waals surface area contributed by atoms with Crippen LogP contribution in [-0.4, -0.2) is 43.9 Å². The standard InChI is InChI=1S/C19H30N6O/c1-4-8-24-9-5-10-25-17(13-24)11-16(23-25)12-20-19(26)7-6-18-14(2)21-22-15(18)3/h11H,4-10,12-13H2,1-3H3,(H,20,26)(H,21,22). The lowest BCUT2D eigenvalue weighted by Gasteiger charge is -2.17. The highest BCUT2D eigenvalue weighted by Gasteiger charge is 2.16. The van der Waals surface area contributed by atoms with E-state index < -0.39 is 0 Å². The van der Waals surface area contributed by atoms with Gasteiger partial charge in [-0.2, -0.15) is 10.2 Å². The predicted molar refractivity (Wildman–Crippen MR) is 101 cm³/mol. The highest BCUT2D eigenvalue weighted by atomic mass is 16.1. The number of carbonyl (C=O) groups is 1. The highest BCUT2D eigenvalue weighted by molar-refractivity contribution is 5.76. The molecule has 7 nitrogen and oxygen atoms in total. The van der Waals surface area contributed by atoms with Crippen LogP contribution in [0.5, 0.6) is 0 Å². The second-order valence-corrected chi connectivity index (χ2v) is 7.17. The number of nitrogens with one attached hydrogen (secondary N) is 2. The summed E-state index contributed by atoms with van der Waals surface area (Å²) in [7, 11) is 0. The number of aromatic amines is 1. The zero-order valence-corrected chi connectivity index (χ0v) is 16.1. The van der Waals surface area contributed by atoms with Crippen LogP contribution < -0.4 is 5.32 Å². The van der Waals surface area contributed by atoms with Gasteiger partial charge in [0.05, 0.1) is 23.6 Å². The van der Waals surface area contributed by atoms with Crippen molar-refractivity contribution in [2.24, 2.45) is 0 Å². The molecule has 2 N–H and O–H groups in total. The molecule has 26 heavy (non-hydrogen) atoms. The smallest absolute Gasteiger partial charge is 0.220 e. The summed E-state index contributed by atoms with van der Waals surface area (Å²) in [6.07, 6.45) is 3.49.